The number of benzene rings is 2. The highest BCUT2D eigenvalue weighted by atomic mass is 35.5. The van der Waals surface area contributed by atoms with Gasteiger partial charge in [0.25, 0.3) is 0 Å². The molecule has 1 aromatic heterocycles. The number of aromatic nitrogens is 1. The van der Waals surface area contributed by atoms with Gasteiger partial charge in [-0.15, -0.1) is 0 Å². The van der Waals surface area contributed by atoms with Gasteiger partial charge in [-0.25, -0.2) is 4.98 Å². The number of oxazole rings is 1. The average molecular weight is 273 g/mol. The number of carbonyl (C=O) groups is 1. The van der Waals surface area contributed by atoms with Crippen molar-refractivity contribution in [2.45, 2.75) is 0 Å². The van der Waals surface area contributed by atoms with Crippen molar-refractivity contribution in [3.8, 4) is 11.5 Å². The number of anilines is 1. The zero-order valence-corrected chi connectivity index (χ0v) is 10.5. The molecule has 2 aromatic carbocycles. The maximum absolute atomic E-state index is 10.4. The molecule has 0 spiro atoms. The van der Waals surface area contributed by atoms with Gasteiger partial charge >= 0.3 is 0 Å². The molecule has 0 aliphatic carbocycles. The first kappa shape index (κ1) is 11.7. The van der Waals surface area contributed by atoms with Gasteiger partial charge in [0.05, 0.1) is 0 Å². The third kappa shape index (κ3) is 2.30. The third-order valence-corrected chi connectivity index (χ3v) is 2.92. The average Bonchev–Trinajstić information content (AvgIpc) is 2.82. The highest BCUT2D eigenvalue weighted by molar-refractivity contribution is 6.31. The van der Waals surface area contributed by atoms with Crippen molar-refractivity contribution in [2.24, 2.45) is 0 Å². The fourth-order valence-corrected chi connectivity index (χ4v) is 2.00. The fraction of sp³-hybridized carbons (Fsp3) is 0. The SMILES string of the molecule is O=CNc1cccc(-c2nc3cc(Cl)ccc3o2)c1. The fourth-order valence-electron chi connectivity index (χ4n) is 1.83. The first-order valence-corrected chi connectivity index (χ1v) is 6.01. The van der Waals surface area contributed by atoms with Crippen LogP contribution < -0.4 is 5.32 Å². The Morgan fingerprint density at radius 1 is 1.21 bits per heavy atom. The van der Waals surface area contributed by atoms with Crippen molar-refractivity contribution in [1.82, 2.24) is 4.98 Å². The highest BCUT2D eigenvalue weighted by Gasteiger charge is 2.08. The lowest BCUT2D eigenvalue weighted by molar-refractivity contribution is -0.105. The van der Waals surface area contributed by atoms with Gasteiger partial charge in [0.15, 0.2) is 5.58 Å². The Labute approximate surface area is 114 Å². The van der Waals surface area contributed by atoms with Crippen LogP contribution in [0.5, 0.6) is 0 Å². The number of rotatable bonds is 3. The summed E-state index contributed by atoms with van der Waals surface area (Å²) in [6.07, 6.45) is 0.630. The smallest absolute Gasteiger partial charge is 0.227 e. The molecule has 1 N–H and O–H groups in total. The Hall–Kier alpha value is -2.33. The van der Waals surface area contributed by atoms with Crippen LogP contribution in [0.15, 0.2) is 46.9 Å². The number of nitrogens with one attached hydrogen (secondary N) is 1. The second-order valence-corrected chi connectivity index (χ2v) is 4.41. The molecular weight excluding hydrogens is 264 g/mol. The normalized spacial score (nSPS) is 10.6. The Morgan fingerprint density at radius 2 is 2.11 bits per heavy atom. The summed E-state index contributed by atoms with van der Waals surface area (Å²) in [7, 11) is 0. The highest BCUT2D eigenvalue weighted by Crippen LogP contribution is 2.27. The van der Waals surface area contributed by atoms with Gasteiger partial charge < -0.3 is 9.73 Å². The Bertz CT molecular complexity index is 752. The molecule has 4 nitrogen and oxygen atoms in total. The number of hydrogen-bond acceptors (Lipinski definition) is 3. The minimum atomic E-state index is 0.492. The third-order valence-electron chi connectivity index (χ3n) is 2.68. The summed E-state index contributed by atoms with van der Waals surface area (Å²) in [6.45, 7) is 0. The van der Waals surface area contributed by atoms with E-state index in [1.165, 1.54) is 0 Å². The van der Waals surface area contributed by atoms with Gasteiger partial charge in [-0.1, -0.05) is 17.7 Å². The largest absolute Gasteiger partial charge is 0.436 e. The lowest BCUT2D eigenvalue weighted by Gasteiger charge is -1.99. The van der Waals surface area contributed by atoms with Crippen LogP contribution in [0.3, 0.4) is 0 Å². The number of fused-ring (bicyclic) bond motifs is 1. The summed E-state index contributed by atoms with van der Waals surface area (Å²) < 4.78 is 5.66. The molecule has 5 heteroatoms. The molecule has 0 bridgehead atoms. The molecule has 94 valence electrons. The van der Waals surface area contributed by atoms with E-state index in [4.69, 9.17) is 16.0 Å². The maximum Gasteiger partial charge on any atom is 0.227 e. The molecule has 1 heterocycles. The van der Waals surface area contributed by atoms with E-state index in [1.54, 1.807) is 30.3 Å². The first-order valence-electron chi connectivity index (χ1n) is 5.63. The van der Waals surface area contributed by atoms with Gasteiger partial charge in [0.1, 0.15) is 5.52 Å². The van der Waals surface area contributed by atoms with E-state index in [0.29, 0.717) is 34.1 Å². The molecule has 3 rings (SSSR count). The van der Waals surface area contributed by atoms with E-state index in [-0.39, 0.29) is 0 Å². The Morgan fingerprint density at radius 3 is 2.95 bits per heavy atom. The van der Waals surface area contributed by atoms with E-state index < -0.39 is 0 Å². The lowest BCUT2D eigenvalue weighted by atomic mass is 10.2. The molecule has 0 radical (unpaired) electrons. The number of amides is 1. The zero-order valence-electron chi connectivity index (χ0n) is 9.76. The molecule has 0 aliphatic heterocycles. The molecule has 0 unspecified atom stereocenters. The molecule has 0 saturated carbocycles. The van der Waals surface area contributed by atoms with Crippen molar-refractivity contribution < 1.29 is 9.21 Å². The Balaban J connectivity index is 2.08. The summed E-state index contributed by atoms with van der Waals surface area (Å²) in [5.74, 6) is 0.492. The van der Waals surface area contributed by atoms with Crippen LogP contribution in [0.1, 0.15) is 0 Å². The second kappa shape index (κ2) is 4.74. The van der Waals surface area contributed by atoms with Crippen molar-refractivity contribution in [3.63, 3.8) is 0 Å². The van der Waals surface area contributed by atoms with Crippen LogP contribution in [-0.2, 0) is 4.79 Å². The number of hydrogen-bond donors (Lipinski definition) is 1. The van der Waals surface area contributed by atoms with E-state index in [2.05, 4.69) is 10.3 Å². The molecule has 19 heavy (non-hydrogen) atoms. The lowest BCUT2D eigenvalue weighted by Crippen LogP contribution is -1.93. The van der Waals surface area contributed by atoms with E-state index in [9.17, 15) is 4.79 Å². The second-order valence-electron chi connectivity index (χ2n) is 3.97. The molecule has 3 aromatic rings. The van der Waals surface area contributed by atoms with Crippen molar-refractivity contribution in [2.75, 3.05) is 5.32 Å². The summed E-state index contributed by atoms with van der Waals surface area (Å²) in [5.41, 5.74) is 2.86. The van der Waals surface area contributed by atoms with E-state index >= 15 is 0 Å². The summed E-state index contributed by atoms with van der Waals surface area (Å²) >= 11 is 5.91. The van der Waals surface area contributed by atoms with Gasteiger partial charge in [0, 0.05) is 16.3 Å². The standard InChI is InChI=1S/C14H9ClN2O2/c15-10-4-5-13-12(7-10)17-14(19-13)9-2-1-3-11(6-9)16-8-18/h1-8H,(H,16,18). The van der Waals surface area contributed by atoms with E-state index in [1.807, 2.05) is 12.1 Å². The van der Waals surface area contributed by atoms with Crippen LogP contribution in [0.25, 0.3) is 22.6 Å². The van der Waals surface area contributed by atoms with Gasteiger partial charge in [0.2, 0.25) is 12.3 Å². The monoisotopic (exact) mass is 272 g/mol. The Kier molecular flexibility index (Phi) is 2.93. The molecule has 1 amide bonds. The molecule has 0 saturated heterocycles. The van der Waals surface area contributed by atoms with Crippen LogP contribution >= 0.6 is 11.6 Å². The number of nitrogens with zero attached hydrogens (tertiary/aromatic N) is 1. The van der Waals surface area contributed by atoms with Crippen molar-refractivity contribution in [1.29, 1.82) is 0 Å². The first-order chi connectivity index (χ1) is 9.26. The summed E-state index contributed by atoms with van der Waals surface area (Å²) in [6, 6.07) is 12.5. The van der Waals surface area contributed by atoms with Crippen LogP contribution in [0.4, 0.5) is 5.69 Å². The van der Waals surface area contributed by atoms with Crippen LogP contribution in [-0.4, -0.2) is 11.4 Å². The molecule has 0 aliphatic rings. The summed E-state index contributed by atoms with van der Waals surface area (Å²) in [4.78, 5) is 14.8. The quantitative estimate of drug-likeness (QED) is 0.739. The van der Waals surface area contributed by atoms with Gasteiger partial charge in [-0.2, -0.15) is 0 Å². The molecule has 0 fully saturated rings. The topological polar surface area (TPSA) is 55.1 Å². The maximum atomic E-state index is 10.4. The minimum Gasteiger partial charge on any atom is -0.436 e. The van der Waals surface area contributed by atoms with Gasteiger partial charge in [-0.3, -0.25) is 4.79 Å². The summed E-state index contributed by atoms with van der Waals surface area (Å²) in [5, 5.41) is 3.20. The van der Waals surface area contributed by atoms with E-state index in [0.717, 1.165) is 5.56 Å². The number of carbonyl (C=O) groups excluding carboxylic acids is 1. The van der Waals surface area contributed by atoms with Crippen LogP contribution in [0.2, 0.25) is 5.02 Å². The predicted molar refractivity (Wildman–Crippen MR) is 74.1 cm³/mol. The molecule has 0 atom stereocenters. The predicted octanol–water partition coefficient (Wildman–Crippen LogP) is 3.72. The molecular formula is C14H9ClN2O2. The van der Waals surface area contributed by atoms with Crippen LogP contribution in [0, 0.1) is 0 Å². The van der Waals surface area contributed by atoms with Gasteiger partial charge in [-0.05, 0) is 36.4 Å². The van der Waals surface area contributed by atoms with Crippen molar-refractivity contribution in [3.05, 3.63) is 47.5 Å². The minimum absolute atomic E-state index is 0.492. The number of halogens is 1. The van der Waals surface area contributed by atoms with Crippen molar-refractivity contribution >= 4 is 34.8 Å². The zero-order chi connectivity index (χ0) is 13.2.